The molecule has 0 atom stereocenters. The molecule has 6 heteroatoms. The van der Waals surface area contributed by atoms with Crippen molar-refractivity contribution in [3.8, 4) is 5.88 Å². The largest absolute Gasteiger partial charge is 0.482 e. The number of alkyl halides is 2. The number of aromatic amines is 1. The topological polar surface area (TPSA) is 42.1 Å². The van der Waals surface area contributed by atoms with Gasteiger partial charge in [0.05, 0.1) is 10.8 Å². The van der Waals surface area contributed by atoms with Crippen molar-refractivity contribution in [3.05, 3.63) is 25.6 Å². The summed E-state index contributed by atoms with van der Waals surface area (Å²) in [6, 6.07) is 1.10. The van der Waals surface area contributed by atoms with Crippen LogP contribution in [0.1, 0.15) is 12.0 Å². The van der Waals surface area contributed by atoms with E-state index in [1.165, 1.54) is 7.11 Å². The van der Waals surface area contributed by atoms with Crippen LogP contribution in [-0.4, -0.2) is 12.1 Å². The molecule has 0 aliphatic rings. The summed E-state index contributed by atoms with van der Waals surface area (Å²) in [7, 11) is 1.23. The Balaban J connectivity index is 3.39. The first-order valence-electron chi connectivity index (χ1n) is 3.31. The molecule has 72 valence electrons. The molecule has 0 aliphatic heterocycles. The predicted octanol–water partition coefficient (Wildman–Crippen LogP) is 1.93. The van der Waals surface area contributed by atoms with Gasteiger partial charge in [-0.25, -0.2) is 8.78 Å². The van der Waals surface area contributed by atoms with Crippen molar-refractivity contribution >= 4 is 22.6 Å². The first kappa shape index (κ1) is 10.4. The fraction of sp³-hybridized carbons (Fsp3) is 0.286. The van der Waals surface area contributed by atoms with Crippen molar-refractivity contribution in [3.63, 3.8) is 0 Å². The average molecular weight is 301 g/mol. The van der Waals surface area contributed by atoms with Gasteiger partial charge in [0.15, 0.2) is 5.43 Å². The maximum atomic E-state index is 12.3. The lowest BCUT2D eigenvalue weighted by atomic mass is 10.3. The van der Waals surface area contributed by atoms with Crippen molar-refractivity contribution in [1.29, 1.82) is 0 Å². The summed E-state index contributed by atoms with van der Waals surface area (Å²) >= 11 is 1.81. The van der Waals surface area contributed by atoms with Gasteiger partial charge in [0.25, 0.3) is 6.43 Å². The van der Waals surface area contributed by atoms with E-state index < -0.39 is 17.4 Å². The predicted molar refractivity (Wildman–Crippen MR) is 51.3 cm³/mol. The minimum atomic E-state index is -2.82. The monoisotopic (exact) mass is 301 g/mol. The van der Waals surface area contributed by atoms with E-state index in [1.807, 2.05) is 22.6 Å². The molecule has 0 fully saturated rings. The maximum absolute atomic E-state index is 12.3. The van der Waals surface area contributed by atoms with Crippen molar-refractivity contribution in [1.82, 2.24) is 4.98 Å². The molecule has 0 radical (unpaired) electrons. The molecule has 1 aromatic heterocycles. The van der Waals surface area contributed by atoms with Gasteiger partial charge in [-0.3, -0.25) is 4.79 Å². The second kappa shape index (κ2) is 4.03. The molecule has 0 bridgehead atoms. The number of hydrogen-bond acceptors (Lipinski definition) is 2. The number of H-pyrrole nitrogens is 1. The fourth-order valence-electron chi connectivity index (χ4n) is 0.884. The Morgan fingerprint density at radius 1 is 1.62 bits per heavy atom. The van der Waals surface area contributed by atoms with E-state index in [4.69, 9.17) is 0 Å². The standard InChI is InChI=1S/C7H6F2INO2/c1-13-7-5(6(8)9)3(12)2-4(10)11-7/h2,6H,1H3,(H,11,12). The van der Waals surface area contributed by atoms with E-state index in [9.17, 15) is 13.6 Å². The van der Waals surface area contributed by atoms with Crippen molar-refractivity contribution in [2.45, 2.75) is 6.43 Å². The first-order valence-corrected chi connectivity index (χ1v) is 4.39. The highest BCUT2D eigenvalue weighted by molar-refractivity contribution is 14.1. The summed E-state index contributed by atoms with van der Waals surface area (Å²) < 4.78 is 29.7. The van der Waals surface area contributed by atoms with Gasteiger partial charge in [0.2, 0.25) is 5.88 Å². The van der Waals surface area contributed by atoms with Gasteiger partial charge in [-0.1, -0.05) is 0 Å². The molecule has 0 spiro atoms. The molecule has 0 aliphatic carbocycles. The molecule has 1 heterocycles. The summed E-state index contributed by atoms with van der Waals surface area (Å²) in [4.78, 5) is 13.6. The zero-order valence-electron chi connectivity index (χ0n) is 6.61. The Labute approximate surface area is 86.2 Å². The van der Waals surface area contributed by atoms with Crippen molar-refractivity contribution in [2.75, 3.05) is 7.11 Å². The highest BCUT2D eigenvalue weighted by atomic mass is 127. The van der Waals surface area contributed by atoms with Gasteiger partial charge in [-0.2, -0.15) is 0 Å². The number of hydrogen-bond donors (Lipinski definition) is 1. The lowest BCUT2D eigenvalue weighted by Gasteiger charge is -2.06. The van der Waals surface area contributed by atoms with E-state index in [0.29, 0.717) is 3.70 Å². The lowest BCUT2D eigenvalue weighted by Crippen LogP contribution is -2.12. The minimum Gasteiger partial charge on any atom is -0.482 e. The number of pyridine rings is 1. The van der Waals surface area contributed by atoms with Crippen LogP contribution in [-0.2, 0) is 0 Å². The molecule has 13 heavy (non-hydrogen) atoms. The Morgan fingerprint density at radius 2 is 2.23 bits per heavy atom. The van der Waals surface area contributed by atoms with Gasteiger partial charge < -0.3 is 9.72 Å². The third-order valence-electron chi connectivity index (χ3n) is 1.42. The smallest absolute Gasteiger partial charge is 0.272 e. The summed E-state index contributed by atoms with van der Waals surface area (Å²) in [5.74, 6) is -0.174. The van der Waals surface area contributed by atoms with E-state index in [0.717, 1.165) is 6.07 Å². The quantitative estimate of drug-likeness (QED) is 0.670. The van der Waals surface area contributed by atoms with Crippen LogP contribution in [0.3, 0.4) is 0 Å². The molecule has 0 unspecified atom stereocenters. The molecule has 0 aromatic carbocycles. The van der Waals surface area contributed by atoms with E-state index in [2.05, 4.69) is 9.72 Å². The molecule has 0 saturated carbocycles. The third-order valence-corrected chi connectivity index (χ3v) is 2.00. The maximum Gasteiger partial charge on any atom is 0.272 e. The van der Waals surface area contributed by atoms with Gasteiger partial charge in [-0.05, 0) is 22.6 Å². The van der Waals surface area contributed by atoms with Crippen molar-refractivity contribution in [2.24, 2.45) is 0 Å². The number of nitrogens with one attached hydrogen (secondary N) is 1. The number of rotatable bonds is 2. The van der Waals surface area contributed by atoms with Crippen LogP contribution in [0, 0.1) is 3.70 Å². The summed E-state index contributed by atoms with van der Waals surface area (Å²) in [6.07, 6.45) is -2.82. The molecular weight excluding hydrogens is 295 g/mol. The Bertz CT molecular complexity index is 364. The first-order chi connectivity index (χ1) is 6.06. The van der Waals surface area contributed by atoms with E-state index in [-0.39, 0.29) is 5.88 Å². The molecule has 3 nitrogen and oxygen atoms in total. The number of methoxy groups -OCH3 is 1. The number of halogens is 3. The second-order valence-electron chi connectivity index (χ2n) is 2.23. The van der Waals surface area contributed by atoms with Gasteiger partial charge in [0, 0.05) is 6.07 Å². The van der Waals surface area contributed by atoms with Crippen LogP contribution >= 0.6 is 22.6 Å². The molecule has 0 saturated heterocycles. The van der Waals surface area contributed by atoms with Crippen LogP contribution in [0.2, 0.25) is 0 Å². The normalized spacial score (nSPS) is 10.5. The highest BCUT2D eigenvalue weighted by Crippen LogP contribution is 2.23. The van der Waals surface area contributed by atoms with Crippen molar-refractivity contribution < 1.29 is 13.5 Å². The average Bonchev–Trinajstić information content (AvgIpc) is 2.01. The van der Waals surface area contributed by atoms with Crippen LogP contribution in [0.5, 0.6) is 5.88 Å². The van der Waals surface area contributed by atoms with Gasteiger partial charge >= 0.3 is 0 Å². The van der Waals surface area contributed by atoms with Gasteiger partial charge in [-0.15, -0.1) is 0 Å². The molecular formula is C7H6F2INO2. The lowest BCUT2D eigenvalue weighted by molar-refractivity contribution is 0.144. The Morgan fingerprint density at radius 3 is 2.69 bits per heavy atom. The molecule has 1 N–H and O–H groups in total. The van der Waals surface area contributed by atoms with Gasteiger partial charge in [0.1, 0.15) is 5.56 Å². The molecule has 1 aromatic rings. The second-order valence-corrected chi connectivity index (χ2v) is 3.39. The van der Waals surface area contributed by atoms with Crippen LogP contribution in [0.15, 0.2) is 10.9 Å². The summed E-state index contributed by atoms with van der Waals surface area (Å²) in [5.41, 5.74) is -1.34. The summed E-state index contributed by atoms with van der Waals surface area (Å²) in [5, 5.41) is 0. The number of aromatic nitrogens is 1. The summed E-state index contributed by atoms with van der Waals surface area (Å²) in [6.45, 7) is 0. The van der Waals surface area contributed by atoms with Crippen LogP contribution in [0.25, 0.3) is 0 Å². The SMILES string of the molecule is COc1[nH]c(I)cc(=O)c1C(F)F. The zero-order chi connectivity index (χ0) is 10.0. The highest BCUT2D eigenvalue weighted by Gasteiger charge is 2.18. The fourth-order valence-corrected chi connectivity index (χ4v) is 1.41. The van der Waals surface area contributed by atoms with Crippen LogP contribution in [0.4, 0.5) is 8.78 Å². The molecule has 0 amide bonds. The molecule has 1 rings (SSSR count). The van der Waals surface area contributed by atoms with Crippen LogP contribution < -0.4 is 10.2 Å². The third kappa shape index (κ3) is 2.17. The minimum absolute atomic E-state index is 0.174. The number of ether oxygens (including phenoxy) is 1. The Hall–Kier alpha value is -0.660. The zero-order valence-corrected chi connectivity index (χ0v) is 8.76. The van der Waals surface area contributed by atoms with E-state index >= 15 is 0 Å². The Kier molecular flexibility index (Phi) is 3.23. The van der Waals surface area contributed by atoms with E-state index in [1.54, 1.807) is 0 Å².